The Kier molecular flexibility index (Phi) is 11.5. The maximum absolute atomic E-state index is 13.7. The summed E-state index contributed by atoms with van der Waals surface area (Å²) in [5.74, 6) is -0.0873. The first-order chi connectivity index (χ1) is 21.8. The van der Waals surface area contributed by atoms with E-state index in [0.717, 1.165) is 35.8 Å². The van der Waals surface area contributed by atoms with E-state index in [-0.39, 0.29) is 54.6 Å². The molecule has 0 saturated carbocycles. The first-order valence-corrected chi connectivity index (χ1v) is 17.3. The molecule has 3 aliphatic rings. The summed E-state index contributed by atoms with van der Waals surface area (Å²) in [4.78, 5) is 18.2. The van der Waals surface area contributed by atoms with Crippen LogP contribution < -0.4 is 4.74 Å². The second-order valence-electron chi connectivity index (χ2n) is 11.8. The van der Waals surface area contributed by atoms with E-state index in [1.807, 2.05) is 4.90 Å². The van der Waals surface area contributed by atoms with Gasteiger partial charge in [-0.2, -0.15) is 4.31 Å². The molecule has 1 N–H and O–H groups in total. The predicted molar refractivity (Wildman–Crippen MR) is 167 cm³/mol. The lowest BCUT2D eigenvalue weighted by atomic mass is 9.92. The monoisotopic (exact) mass is 645 g/mol. The molecule has 45 heavy (non-hydrogen) atoms. The number of piperidine rings is 2. The zero-order chi connectivity index (χ0) is 31.8. The van der Waals surface area contributed by atoms with Crippen molar-refractivity contribution in [3.63, 3.8) is 0 Å². The summed E-state index contributed by atoms with van der Waals surface area (Å²) in [5.41, 5.74) is 0.825. The van der Waals surface area contributed by atoms with Crippen LogP contribution in [0.4, 0.5) is 4.39 Å². The van der Waals surface area contributed by atoms with Crippen molar-refractivity contribution in [2.75, 3.05) is 59.6 Å². The van der Waals surface area contributed by atoms with Crippen LogP contribution in [0.25, 0.3) is 0 Å². The van der Waals surface area contributed by atoms with Crippen molar-refractivity contribution >= 4 is 15.9 Å². The molecule has 246 valence electrons. The van der Waals surface area contributed by atoms with Crippen LogP contribution in [-0.4, -0.2) is 105 Å². The third-order valence-corrected chi connectivity index (χ3v) is 10.8. The summed E-state index contributed by atoms with van der Waals surface area (Å²) in [6.07, 6.45) is 6.93. The van der Waals surface area contributed by atoms with Gasteiger partial charge in [0.25, 0.3) is 5.91 Å². The van der Waals surface area contributed by atoms with Crippen molar-refractivity contribution in [1.29, 1.82) is 0 Å². The van der Waals surface area contributed by atoms with E-state index in [9.17, 15) is 22.7 Å². The zero-order valence-corrected chi connectivity index (χ0v) is 26.7. The van der Waals surface area contributed by atoms with Gasteiger partial charge in [-0.05, 0) is 86.8 Å². The number of halogens is 1. The molecule has 2 saturated heterocycles. The van der Waals surface area contributed by atoms with Gasteiger partial charge in [0.05, 0.1) is 25.2 Å². The summed E-state index contributed by atoms with van der Waals surface area (Å²) in [6.45, 7) is 3.01. The largest absolute Gasteiger partial charge is 0.497 e. The number of allylic oxidation sites excluding steroid dienone is 1. The number of carbonyl (C=O) groups excluding carboxylic acids is 1. The Morgan fingerprint density at radius 2 is 1.69 bits per heavy atom. The SMILES string of the molecule is COc1ccc(S(=O)(=O)N(CCO)CCO[C@H]2C[C@@H](c3ccc(F)cc3)C=C(C(=O)N3CCC(N4CCCCC4)CC3)O2)cc1. The lowest BCUT2D eigenvalue weighted by Crippen LogP contribution is -2.49. The molecule has 0 unspecified atom stereocenters. The second kappa shape index (κ2) is 15.5. The molecule has 3 heterocycles. The molecule has 0 radical (unpaired) electrons. The van der Waals surface area contributed by atoms with Gasteiger partial charge in [0.1, 0.15) is 11.6 Å². The molecule has 2 aromatic carbocycles. The van der Waals surface area contributed by atoms with E-state index in [1.165, 1.54) is 50.6 Å². The molecule has 0 aromatic heterocycles. The first-order valence-electron chi connectivity index (χ1n) is 15.8. The quantitative estimate of drug-likeness (QED) is 0.372. The molecular formula is C33H44FN3O7S. The fourth-order valence-electron chi connectivity index (χ4n) is 6.37. The Bertz CT molecular complexity index is 1390. The number of benzene rings is 2. The number of carbonyl (C=O) groups is 1. The van der Waals surface area contributed by atoms with E-state index in [4.69, 9.17) is 14.2 Å². The number of hydrogen-bond donors (Lipinski definition) is 1. The Morgan fingerprint density at radius 3 is 2.33 bits per heavy atom. The van der Waals surface area contributed by atoms with Crippen LogP contribution >= 0.6 is 0 Å². The average Bonchev–Trinajstić information content (AvgIpc) is 3.08. The van der Waals surface area contributed by atoms with Gasteiger partial charge < -0.3 is 29.1 Å². The van der Waals surface area contributed by atoms with Gasteiger partial charge in [-0.3, -0.25) is 4.79 Å². The fraction of sp³-hybridized carbons (Fsp3) is 0.545. The molecule has 5 rings (SSSR count). The van der Waals surface area contributed by atoms with E-state index in [2.05, 4.69) is 4.90 Å². The van der Waals surface area contributed by atoms with Gasteiger partial charge >= 0.3 is 0 Å². The number of hydrogen-bond acceptors (Lipinski definition) is 8. The highest BCUT2D eigenvalue weighted by atomic mass is 32.2. The normalized spacial score (nSPS) is 21.8. The number of ether oxygens (including phenoxy) is 3. The fourth-order valence-corrected chi connectivity index (χ4v) is 7.79. The van der Waals surface area contributed by atoms with Gasteiger partial charge in [0.2, 0.25) is 16.3 Å². The molecular weight excluding hydrogens is 601 g/mol. The van der Waals surface area contributed by atoms with Crippen molar-refractivity contribution in [1.82, 2.24) is 14.1 Å². The van der Waals surface area contributed by atoms with Crippen LogP contribution in [0, 0.1) is 5.82 Å². The van der Waals surface area contributed by atoms with Crippen molar-refractivity contribution in [2.45, 2.75) is 61.7 Å². The van der Waals surface area contributed by atoms with Crippen molar-refractivity contribution < 1.29 is 36.9 Å². The average molecular weight is 646 g/mol. The Morgan fingerprint density at radius 1 is 1.00 bits per heavy atom. The standard InChI is InChI=1S/C33H44FN3O7S/c1-42-29-9-11-30(12-10-29)45(40,41)37(19-21-38)20-22-43-32-24-26(25-5-7-27(34)8-6-25)23-31(44-32)33(39)36-17-13-28(14-18-36)35-15-3-2-4-16-35/h5-12,23,26,28,32,38H,2-4,13-22,24H2,1H3/t26-,32+/m0/s1. The van der Waals surface area contributed by atoms with Crippen LogP contribution in [0.15, 0.2) is 65.3 Å². The lowest BCUT2D eigenvalue weighted by Gasteiger charge is -2.40. The molecule has 3 aliphatic heterocycles. The summed E-state index contributed by atoms with van der Waals surface area (Å²) in [6, 6.07) is 12.7. The Labute approximate surface area is 265 Å². The number of aliphatic hydroxyl groups excluding tert-OH is 1. The van der Waals surface area contributed by atoms with Crippen LogP contribution in [0.2, 0.25) is 0 Å². The highest BCUT2D eigenvalue weighted by molar-refractivity contribution is 7.89. The van der Waals surface area contributed by atoms with Gasteiger partial charge in [-0.1, -0.05) is 18.6 Å². The number of rotatable bonds is 12. The number of likely N-dealkylation sites (tertiary alicyclic amines) is 2. The third-order valence-electron chi connectivity index (χ3n) is 8.92. The number of aliphatic hydroxyl groups is 1. The topological polar surface area (TPSA) is 109 Å². The molecule has 1 amide bonds. The van der Waals surface area contributed by atoms with Crippen LogP contribution in [-0.2, 0) is 24.3 Å². The molecule has 2 atom stereocenters. The summed E-state index contributed by atoms with van der Waals surface area (Å²) in [7, 11) is -2.42. The van der Waals surface area contributed by atoms with Crippen molar-refractivity contribution in [3.05, 3.63) is 71.7 Å². The van der Waals surface area contributed by atoms with E-state index < -0.39 is 16.3 Å². The summed E-state index contributed by atoms with van der Waals surface area (Å²) < 4.78 is 58.7. The third kappa shape index (κ3) is 8.42. The van der Waals surface area contributed by atoms with Crippen LogP contribution in [0.3, 0.4) is 0 Å². The second-order valence-corrected chi connectivity index (χ2v) is 13.7. The summed E-state index contributed by atoms with van der Waals surface area (Å²) in [5, 5.41) is 9.60. The Balaban J connectivity index is 1.24. The van der Waals surface area contributed by atoms with E-state index >= 15 is 0 Å². The number of amides is 1. The van der Waals surface area contributed by atoms with Crippen LogP contribution in [0.1, 0.15) is 50.0 Å². The van der Waals surface area contributed by atoms with E-state index in [0.29, 0.717) is 31.3 Å². The number of nitrogens with zero attached hydrogens (tertiary/aromatic N) is 3. The number of sulfonamides is 1. The molecule has 2 aromatic rings. The molecule has 10 nitrogen and oxygen atoms in total. The van der Waals surface area contributed by atoms with Gasteiger partial charge in [-0.25, -0.2) is 12.8 Å². The molecule has 0 aliphatic carbocycles. The van der Waals surface area contributed by atoms with E-state index in [1.54, 1.807) is 30.3 Å². The molecule has 0 bridgehead atoms. The zero-order valence-electron chi connectivity index (χ0n) is 25.9. The minimum Gasteiger partial charge on any atom is -0.497 e. The lowest BCUT2D eigenvalue weighted by molar-refractivity contribution is -0.153. The van der Waals surface area contributed by atoms with Crippen molar-refractivity contribution in [3.8, 4) is 5.75 Å². The van der Waals surface area contributed by atoms with Gasteiger partial charge in [0.15, 0.2) is 5.76 Å². The maximum atomic E-state index is 13.7. The summed E-state index contributed by atoms with van der Waals surface area (Å²) >= 11 is 0. The van der Waals surface area contributed by atoms with Gasteiger partial charge in [-0.15, -0.1) is 0 Å². The molecule has 12 heteroatoms. The maximum Gasteiger partial charge on any atom is 0.288 e. The Hall–Kier alpha value is -3.03. The predicted octanol–water partition coefficient (Wildman–Crippen LogP) is 3.72. The highest BCUT2D eigenvalue weighted by Crippen LogP contribution is 2.33. The smallest absolute Gasteiger partial charge is 0.288 e. The minimum atomic E-state index is -3.91. The van der Waals surface area contributed by atoms with Crippen molar-refractivity contribution in [2.24, 2.45) is 0 Å². The highest BCUT2D eigenvalue weighted by Gasteiger charge is 2.34. The number of methoxy groups -OCH3 is 1. The molecule has 2 fully saturated rings. The first kappa shape index (κ1) is 33.3. The van der Waals surface area contributed by atoms with Gasteiger partial charge in [0, 0.05) is 44.6 Å². The minimum absolute atomic E-state index is 0.0289. The molecule has 0 spiro atoms. The van der Waals surface area contributed by atoms with Crippen LogP contribution in [0.5, 0.6) is 5.75 Å².